The van der Waals surface area contributed by atoms with Crippen molar-refractivity contribution in [1.82, 2.24) is 5.32 Å². The topological polar surface area (TPSA) is 78.9 Å². The van der Waals surface area contributed by atoms with Gasteiger partial charge in [0.05, 0.1) is 22.9 Å². The number of carbonyl (C=O) groups excluding carboxylic acids is 1. The summed E-state index contributed by atoms with van der Waals surface area (Å²) in [5.41, 5.74) is 3.58. The number of nitrogens with zero attached hydrogens (tertiary/aromatic N) is 1. The second-order valence-corrected chi connectivity index (χ2v) is 12.5. The van der Waals surface area contributed by atoms with Gasteiger partial charge in [-0.25, -0.2) is 9.59 Å². The number of carboxylic acid groups (broad SMARTS) is 1. The molecule has 0 aromatic heterocycles. The molecule has 0 bridgehead atoms. The number of carbonyl (C=O) groups is 2. The van der Waals surface area contributed by atoms with Crippen molar-refractivity contribution in [2.45, 2.75) is 84.3 Å². The lowest BCUT2D eigenvalue weighted by Crippen LogP contribution is -2.56. The van der Waals surface area contributed by atoms with Crippen LogP contribution in [-0.2, 0) is 16.7 Å². The van der Waals surface area contributed by atoms with Crippen molar-refractivity contribution in [2.75, 3.05) is 12.0 Å². The van der Waals surface area contributed by atoms with Gasteiger partial charge in [0.15, 0.2) is 0 Å². The van der Waals surface area contributed by atoms with Crippen molar-refractivity contribution in [3.05, 3.63) is 76.0 Å². The minimum Gasteiger partial charge on any atom is -0.478 e. The number of rotatable bonds is 9. The molecule has 6 nitrogen and oxygen atoms in total. The molecular weight excluding hydrogens is 512 g/mol. The molecule has 2 aromatic carbocycles. The summed E-state index contributed by atoms with van der Waals surface area (Å²) in [6.07, 6.45) is 8.52. The van der Waals surface area contributed by atoms with Gasteiger partial charge in [-0.3, -0.25) is 4.90 Å². The Morgan fingerprint density at radius 3 is 2.46 bits per heavy atom. The summed E-state index contributed by atoms with van der Waals surface area (Å²) < 4.78 is 5.72. The average Bonchev–Trinajstić information content (AvgIpc) is 3.37. The maximum atomic E-state index is 13.7. The van der Waals surface area contributed by atoms with Crippen LogP contribution < -0.4 is 10.2 Å². The lowest BCUT2D eigenvalue weighted by atomic mass is 9.72. The largest absolute Gasteiger partial charge is 0.478 e. The Labute approximate surface area is 237 Å². The molecule has 39 heavy (non-hydrogen) atoms. The first-order valence-corrected chi connectivity index (χ1v) is 14.3. The molecule has 1 aliphatic carbocycles. The summed E-state index contributed by atoms with van der Waals surface area (Å²) in [5.74, 6) is -0.774. The van der Waals surface area contributed by atoms with Crippen LogP contribution in [0.2, 0.25) is 5.02 Å². The van der Waals surface area contributed by atoms with Gasteiger partial charge in [0.2, 0.25) is 0 Å². The number of halogens is 1. The van der Waals surface area contributed by atoms with E-state index in [9.17, 15) is 14.7 Å². The van der Waals surface area contributed by atoms with Crippen LogP contribution in [0.4, 0.5) is 10.5 Å². The summed E-state index contributed by atoms with van der Waals surface area (Å²) in [4.78, 5) is 26.7. The van der Waals surface area contributed by atoms with E-state index in [0.29, 0.717) is 5.69 Å². The zero-order valence-electron chi connectivity index (χ0n) is 23.7. The van der Waals surface area contributed by atoms with E-state index in [4.69, 9.17) is 16.3 Å². The highest BCUT2D eigenvalue weighted by molar-refractivity contribution is 6.31. The van der Waals surface area contributed by atoms with Gasteiger partial charge in [-0.1, -0.05) is 57.8 Å². The highest BCUT2D eigenvalue weighted by atomic mass is 35.5. The van der Waals surface area contributed by atoms with Crippen LogP contribution in [-0.4, -0.2) is 30.3 Å². The first-order chi connectivity index (χ1) is 18.5. The highest BCUT2D eigenvalue weighted by Crippen LogP contribution is 2.47. The summed E-state index contributed by atoms with van der Waals surface area (Å²) in [6, 6.07) is 12.5. The normalized spacial score (nSPS) is 23.5. The summed E-state index contributed by atoms with van der Waals surface area (Å²) in [6.45, 7) is 8.83. The van der Waals surface area contributed by atoms with E-state index >= 15 is 0 Å². The van der Waals surface area contributed by atoms with Crippen molar-refractivity contribution < 1.29 is 19.4 Å². The molecule has 1 heterocycles. The molecule has 0 saturated heterocycles. The molecule has 1 aliphatic heterocycles. The smallest absolute Gasteiger partial charge is 0.335 e. The van der Waals surface area contributed by atoms with Crippen LogP contribution in [0.5, 0.6) is 0 Å². The lowest BCUT2D eigenvalue weighted by molar-refractivity contribution is 0.0697. The van der Waals surface area contributed by atoms with Gasteiger partial charge >= 0.3 is 12.0 Å². The SMILES string of the molecule is CCC[C@@]1(c2ccc(CCC(C)(C)C)c(Cl)c2)NC(=O)N(c2ccc(C(=O)O)cc2)C=C1C1CCC(OC)C1. The van der Waals surface area contributed by atoms with Gasteiger partial charge in [0.25, 0.3) is 0 Å². The molecule has 2 unspecified atom stereocenters. The molecule has 2 aliphatic rings. The number of urea groups is 1. The monoisotopic (exact) mass is 552 g/mol. The van der Waals surface area contributed by atoms with E-state index in [1.165, 1.54) is 12.1 Å². The molecule has 2 N–H and O–H groups in total. The Morgan fingerprint density at radius 2 is 1.90 bits per heavy atom. The Kier molecular flexibility index (Phi) is 8.77. The molecule has 1 saturated carbocycles. The molecule has 0 spiro atoms. The zero-order valence-corrected chi connectivity index (χ0v) is 24.5. The summed E-state index contributed by atoms with van der Waals surface area (Å²) >= 11 is 6.88. The number of hydrogen-bond acceptors (Lipinski definition) is 3. The molecule has 210 valence electrons. The fraction of sp³-hybridized carbons (Fsp3) is 0.500. The number of hydrogen-bond donors (Lipinski definition) is 2. The fourth-order valence-electron chi connectivity index (χ4n) is 5.96. The van der Waals surface area contributed by atoms with Crippen LogP contribution in [0.3, 0.4) is 0 Å². The number of carboxylic acids is 1. The molecule has 7 heteroatoms. The van der Waals surface area contributed by atoms with E-state index in [2.05, 4.69) is 45.1 Å². The van der Waals surface area contributed by atoms with Crippen molar-refractivity contribution >= 4 is 29.3 Å². The predicted octanol–water partition coefficient (Wildman–Crippen LogP) is 7.94. The number of aryl methyl sites for hydroxylation is 1. The molecular formula is C32H41ClN2O4. The van der Waals surface area contributed by atoms with Crippen LogP contribution in [0.15, 0.2) is 54.2 Å². The van der Waals surface area contributed by atoms with E-state index in [0.717, 1.165) is 66.7 Å². The van der Waals surface area contributed by atoms with Gasteiger partial charge in [-0.2, -0.15) is 0 Å². The van der Waals surface area contributed by atoms with Gasteiger partial charge in [-0.15, -0.1) is 0 Å². The minimum absolute atomic E-state index is 0.180. The molecule has 4 rings (SSSR count). The van der Waals surface area contributed by atoms with Crippen LogP contribution in [0, 0.1) is 11.3 Å². The Hall–Kier alpha value is -2.83. The molecule has 1 fully saturated rings. The summed E-state index contributed by atoms with van der Waals surface area (Å²) in [5, 5.41) is 13.4. The number of anilines is 1. The Morgan fingerprint density at radius 1 is 1.18 bits per heavy atom. The van der Waals surface area contributed by atoms with Gasteiger partial charge in [0, 0.05) is 18.3 Å². The fourth-order valence-corrected chi connectivity index (χ4v) is 6.24. The maximum absolute atomic E-state index is 13.7. The molecule has 0 radical (unpaired) electrons. The second kappa shape index (κ2) is 11.7. The summed E-state index contributed by atoms with van der Waals surface area (Å²) in [7, 11) is 1.76. The van der Waals surface area contributed by atoms with Crippen LogP contribution in [0.1, 0.15) is 87.7 Å². The molecule has 2 aromatic rings. The zero-order chi connectivity index (χ0) is 28.4. The van der Waals surface area contributed by atoms with E-state index in [1.54, 1.807) is 24.1 Å². The third kappa shape index (κ3) is 6.33. The van der Waals surface area contributed by atoms with E-state index in [1.807, 2.05) is 12.3 Å². The van der Waals surface area contributed by atoms with E-state index in [-0.39, 0.29) is 29.0 Å². The number of nitrogens with one attached hydrogen (secondary N) is 1. The van der Waals surface area contributed by atoms with Gasteiger partial charge in [-0.05, 0) is 96.9 Å². The number of methoxy groups -OCH3 is 1. The number of ether oxygens (including phenoxy) is 1. The first-order valence-electron chi connectivity index (χ1n) is 14.0. The predicted molar refractivity (Wildman–Crippen MR) is 156 cm³/mol. The number of benzene rings is 2. The lowest BCUT2D eigenvalue weighted by Gasteiger charge is -2.45. The quantitative estimate of drug-likeness (QED) is 0.331. The van der Waals surface area contributed by atoms with Crippen molar-refractivity contribution in [2.24, 2.45) is 11.3 Å². The van der Waals surface area contributed by atoms with Crippen LogP contribution in [0.25, 0.3) is 0 Å². The Balaban J connectivity index is 1.79. The van der Waals surface area contributed by atoms with Crippen molar-refractivity contribution in [3.8, 4) is 0 Å². The van der Waals surface area contributed by atoms with Gasteiger partial charge < -0.3 is 15.2 Å². The second-order valence-electron chi connectivity index (χ2n) is 12.1. The average molecular weight is 553 g/mol. The number of aromatic carboxylic acids is 1. The standard InChI is InChI=1S/C32H41ClN2O4/c1-6-16-32(24-11-7-21(28(33)19-24)15-17-31(2,3)4)27(23-10-14-26(18-23)39-5)20-35(30(38)34-32)25-12-8-22(9-13-25)29(36)37/h7-9,11-13,19-20,23,26H,6,10,14-18H2,1-5H3,(H,34,38)(H,36,37)/t23?,26?,32-/m0/s1. The third-order valence-electron chi connectivity index (χ3n) is 8.17. The van der Waals surface area contributed by atoms with E-state index < -0.39 is 11.5 Å². The highest BCUT2D eigenvalue weighted by Gasteiger charge is 2.46. The third-order valence-corrected chi connectivity index (χ3v) is 8.52. The minimum atomic E-state index is -0.998. The number of amides is 2. The molecule has 3 atom stereocenters. The van der Waals surface area contributed by atoms with Gasteiger partial charge in [0.1, 0.15) is 0 Å². The maximum Gasteiger partial charge on any atom is 0.335 e. The molecule has 2 amide bonds. The first kappa shape index (κ1) is 29.2. The van der Waals surface area contributed by atoms with Crippen LogP contribution >= 0.6 is 11.6 Å². The Bertz CT molecular complexity index is 1230. The van der Waals surface area contributed by atoms with Crippen molar-refractivity contribution in [1.29, 1.82) is 0 Å². The van der Waals surface area contributed by atoms with Crippen molar-refractivity contribution in [3.63, 3.8) is 0 Å².